The van der Waals surface area contributed by atoms with Crippen molar-refractivity contribution in [3.05, 3.63) is 5.82 Å². The van der Waals surface area contributed by atoms with Gasteiger partial charge < -0.3 is 9.84 Å². The van der Waals surface area contributed by atoms with E-state index in [2.05, 4.69) is 22.4 Å². The van der Waals surface area contributed by atoms with Crippen LogP contribution in [0.5, 0.6) is 0 Å². The normalized spacial score (nSPS) is 24.1. The van der Waals surface area contributed by atoms with Crippen LogP contribution in [0.2, 0.25) is 0 Å². The van der Waals surface area contributed by atoms with Crippen molar-refractivity contribution in [2.75, 3.05) is 6.61 Å². The Morgan fingerprint density at radius 3 is 3.12 bits per heavy atom. The van der Waals surface area contributed by atoms with Gasteiger partial charge in [0.2, 0.25) is 0 Å². The minimum Gasteiger partial charge on any atom is -0.481 e. The lowest BCUT2D eigenvalue weighted by Crippen LogP contribution is -2.14. The lowest BCUT2D eigenvalue weighted by Gasteiger charge is -2.13. The van der Waals surface area contributed by atoms with Crippen molar-refractivity contribution in [3.63, 3.8) is 0 Å². The van der Waals surface area contributed by atoms with Gasteiger partial charge in [0.15, 0.2) is 5.82 Å². The number of tetrazole rings is 1. The number of aromatic nitrogens is 4. The molecule has 1 aliphatic rings. The first-order valence-electron chi connectivity index (χ1n) is 5.78. The fourth-order valence-corrected chi connectivity index (χ4v) is 1.98. The van der Waals surface area contributed by atoms with Crippen LogP contribution < -0.4 is 0 Å². The summed E-state index contributed by atoms with van der Waals surface area (Å²) >= 11 is 0. The van der Waals surface area contributed by atoms with Crippen molar-refractivity contribution in [2.45, 2.75) is 38.8 Å². The predicted molar refractivity (Wildman–Crippen MR) is 57.2 cm³/mol. The molecule has 1 fully saturated rings. The molecule has 0 aliphatic carbocycles. The van der Waals surface area contributed by atoms with E-state index in [9.17, 15) is 4.79 Å². The van der Waals surface area contributed by atoms with Gasteiger partial charge in [-0.3, -0.25) is 4.79 Å². The highest BCUT2D eigenvalue weighted by Gasteiger charge is 2.30. The molecule has 1 N–H and O–H groups in total. The van der Waals surface area contributed by atoms with Gasteiger partial charge in [-0.15, -0.1) is 5.10 Å². The summed E-state index contributed by atoms with van der Waals surface area (Å²) in [4.78, 5) is 10.4. The Kier molecular flexibility index (Phi) is 3.68. The quantitative estimate of drug-likeness (QED) is 0.812. The number of hydrogen-bond donors (Lipinski definition) is 1. The number of carboxylic acids is 1. The van der Waals surface area contributed by atoms with Gasteiger partial charge in [0.1, 0.15) is 6.10 Å². The average molecular weight is 240 g/mol. The first-order chi connectivity index (χ1) is 8.18. The van der Waals surface area contributed by atoms with Crippen molar-refractivity contribution in [2.24, 2.45) is 5.92 Å². The third-order valence-electron chi connectivity index (χ3n) is 2.96. The molecular weight excluding hydrogens is 224 g/mol. The van der Waals surface area contributed by atoms with Crippen LogP contribution in [0.1, 0.15) is 38.1 Å². The number of nitrogens with zero attached hydrogens (tertiary/aromatic N) is 4. The maximum Gasteiger partial charge on any atom is 0.303 e. The molecule has 0 bridgehead atoms. The Bertz CT molecular complexity index is 393. The number of rotatable bonds is 5. The fraction of sp³-hybridized carbons (Fsp3) is 0.800. The number of aliphatic carboxylic acids is 1. The smallest absolute Gasteiger partial charge is 0.303 e. The lowest BCUT2D eigenvalue weighted by molar-refractivity contribution is -0.137. The van der Waals surface area contributed by atoms with E-state index in [1.54, 1.807) is 4.68 Å². The Morgan fingerprint density at radius 1 is 1.65 bits per heavy atom. The molecule has 0 saturated carbocycles. The van der Waals surface area contributed by atoms with Gasteiger partial charge in [0.25, 0.3) is 0 Å². The zero-order valence-electron chi connectivity index (χ0n) is 9.74. The number of carboxylic acid groups (broad SMARTS) is 1. The molecule has 2 atom stereocenters. The van der Waals surface area contributed by atoms with Gasteiger partial charge in [-0.1, -0.05) is 6.92 Å². The first kappa shape index (κ1) is 12.0. The molecule has 7 nitrogen and oxygen atoms in total. The highest BCUT2D eigenvalue weighted by molar-refractivity contribution is 5.66. The number of hydrogen-bond acceptors (Lipinski definition) is 5. The highest BCUT2D eigenvalue weighted by atomic mass is 16.5. The molecular formula is C10H16N4O3. The third kappa shape index (κ3) is 2.79. The minimum absolute atomic E-state index is 0.0603. The van der Waals surface area contributed by atoms with Crippen LogP contribution in [-0.2, 0) is 16.1 Å². The first-order valence-corrected chi connectivity index (χ1v) is 5.78. The van der Waals surface area contributed by atoms with Gasteiger partial charge in [0.05, 0.1) is 0 Å². The molecule has 94 valence electrons. The van der Waals surface area contributed by atoms with Crippen molar-refractivity contribution in [3.8, 4) is 0 Å². The van der Waals surface area contributed by atoms with Crippen molar-refractivity contribution >= 4 is 5.97 Å². The summed E-state index contributed by atoms with van der Waals surface area (Å²) in [6.07, 6.45) is 1.59. The molecule has 1 saturated heterocycles. The Morgan fingerprint density at radius 2 is 2.47 bits per heavy atom. The summed E-state index contributed by atoms with van der Waals surface area (Å²) in [5, 5.41) is 20.1. The molecule has 7 heteroatoms. The highest BCUT2D eigenvalue weighted by Crippen LogP contribution is 2.32. The van der Waals surface area contributed by atoms with E-state index in [0.717, 1.165) is 13.0 Å². The maximum absolute atomic E-state index is 10.4. The van der Waals surface area contributed by atoms with Gasteiger partial charge in [-0.25, -0.2) is 4.68 Å². The zero-order chi connectivity index (χ0) is 12.3. The molecule has 0 amide bonds. The van der Waals surface area contributed by atoms with Crippen LogP contribution in [0.3, 0.4) is 0 Å². The fourth-order valence-electron chi connectivity index (χ4n) is 1.98. The van der Waals surface area contributed by atoms with Crippen molar-refractivity contribution < 1.29 is 14.6 Å². The van der Waals surface area contributed by atoms with Gasteiger partial charge in [-0.2, -0.15) is 0 Å². The van der Waals surface area contributed by atoms with E-state index >= 15 is 0 Å². The summed E-state index contributed by atoms with van der Waals surface area (Å²) < 4.78 is 7.25. The van der Waals surface area contributed by atoms with E-state index < -0.39 is 5.97 Å². The van der Waals surface area contributed by atoms with Crippen LogP contribution in [-0.4, -0.2) is 37.9 Å². The van der Waals surface area contributed by atoms with E-state index in [0.29, 0.717) is 24.7 Å². The minimum atomic E-state index is -0.801. The largest absolute Gasteiger partial charge is 0.481 e. The molecule has 0 aromatic carbocycles. The van der Waals surface area contributed by atoms with E-state index in [4.69, 9.17) is 9.84 Å². The van der Waals surface area contributed by atoms with E-state index in [-0.39, 0.29) is 12.5 Å². The summed E-state index contributed by atoms with van der Waals surface area (Å²) in [5.41, 5.74) is 0. The molecule has 2 rings (SSSR count). The second kappa shape index (κ2) is 5.22. The summed E-state index contributed by atoms with van der Waals surface area (Å²) in [7, 11) is 0. The predicted octanol–water partition coefficient (Wildman–Crippen LogP) is 0.635. The SMILES string of the molecule is CC1CCOC1c1nnnn1CCCC(=O)O. The van der Waals surface area contributed by atoms with Gasteiger partial charge >= 0.3 is 5.97 Å². The van der Waals surface area contributed by atoms with Crippen molar-refractivity contribution in [1.29, 1.82) is 0 Å². The van der Waals surface area contributed by atoms with E-state index in [1.165, 1.54) is 0 Å². The number of carbonyl (C=O) groups is 1. The molecule has 2 heterocycles. The molecule has 1 aromatic heterocycles. The standard InChI is InChI=1S/C10H16N4O3/c1-7-4-6-17-9(7)10-11-12-13-14(10)5-2-3-8(15)16/h7,9H,2-6H2,1H3,(H,15,16). The second-order valence-electron chi connectivity index (χ2n) is 4.31. The zero-order valence-corrected chi connectivity index (χ0v) is 9.74. The van der Waals surface area contributed by atoms with Gasteiger partial charge in [0, 0.05) is 19.6 Å². The van der Waals surface area contributed by atoms with Crippen LogP contribution in [0.4, 0.5) is 0 Å². The summed E-state index contributed by atoms with van der Waals surface area (Å²) in [5.74, 6) is 0.310. The average Bonchev–Trinajstić information content (AvgIpc) is 2.86. The molecule has 2 unspecified atom stereocenters. The number of aryl methyl sites for hydroxylation is 1. The summed E-state index contributed by atoms with van der Waals surface area (Å²) in [6.45, 7) is 3.35. The van der Waals surface area contributed by atoms with Crippen LogP contribution in [0.15, 0.2) is 0 Å². The Hall–Kier alpha value is -1.50. The van der Waals surface area contributed by atoms with Gasteiger partial charge in [-0.05, 0) is 29.2 Å². The molecule has 17 heavy (non-hydrogen) atoms. The summed E-state index contributed by atoms with van der Waals surface area (Å²) in [6, 6.07) is 0. The van der Waals surface area contributed by atoms with Crippen LogP contribution in [0, 0.1) is 5.92 Å². The van der Waals surface area contributed by atoms with Crippen molar-refractivity contribution in [1.82, 2.24) is 20.2 Å². The second-order valence-corrected chi connectivity index (χ2v) is 4.31. The maximum atomic E-state index is 10.4. The number of ether oxygens (including phenoxy) is 1. The molecule has 1 aromatic rings. The molecule has 1 aliphatic heterocycles. The molecule has 0 spiro atoms. The topological polar surface area (TPSA) is 90.1 Å². The van der Waals surface area contributed by atoms with Crippen LogP contribution >= 0.6 is 0 Å². The lowest BCUT2D eigenvalue weighted by atomic mass is 10.0. The third-order valence-corrected chi connectivity index (χ3v) is 2.96. The monoisotopic (exact) mass is 240 g/mol. The van der Waals surface area contributed by atoms with E-state index in [1.807, 2.05) is 0 Å². The molecule has 0 radical (unpaired) electrons. The Balaban J connectivity index is 1.98. The van der Waals surface area contributed by atoms with Crippen LogP contribution in [0.25, 0.3) is 0 Å². The Labute approximate surface area is 98.8 Å².